The molecule has 2 aromatic rings. The number of hydrogen-bond acceptors (Lipinski definition) is 3. The van der Waals surface area contributed by atoms with E-state index in [1.165, 1.54) is 0 Å². The summed E-state index contributed by atoms with van der Waals surface area (Å²) in [5, 5.41) is 1.11. The van der Waals surface area contributed by atoms with Crippen molar-refractivity contribution < 1.29 is 13.2 Å². The molecule has 2 saturated heterocycles. The molecule has 2 aliphatic rings. The molecule has 2 amide bonds. The molecular formula is C17H14Cl2N2O3S. The van der Waals surface area contributed by atoms with Crippen LogP contribution in [-0.4, -0.2) is 38.0 Å². The van der Waals surface area contributed by atoms with E-state index in [1.54, 1.807) is 58.3 Å². The van der Waals surface area contributed by atoms with Crippen molar-refractivity contribution in [3.05, 3.63) is 58.6 Å². The number of carbonyl (C=O) groups is 1. The van der Waals surface area contributed by atoms with Gasteiger partial charge in [0.25, 0.3) is 0 Å². The van der Waals surface area contributed by atoms with Gasteiger partial charge in [0.05, 0.1) is 23.6 Å². The lowest BCUT2D eigenvalue weighted by atomic mass is 10.1. The van der Waals surface area contributed by atoms with Gasteiger partial charge in [-0.15, -0.1) is 0 Å². The maximum atomic E-state index is 13.1. The molecule has 2 heterocycles. The van der Waals surface area contributed by atoms with Gasteiger partial charge >= 0.3 is 6.03 Å². The van der Waals surface area contributed by atoms with Gasteiger partial charge in [0, 0.05) is 21.4 Å². The quantitative estimate of drug-likeness (QED) is 0.728. The van der Waals surface area contributed by atoms with Gasteiger partial charge < -0.3 is 0 Å². The molecular weight excluding hydrogens is 383 g/mol. The lowest BCUT2D eigenvalue weighted by Gasteiger charge is -2.22. The van der Waals surface area contributed by atoms with Crippen LogP contribution in [0.1, 0.15) is 0 Å². The Bertz CT molecular complexity index is 860. The van der Waals surface area contributed by atoms with Crippen LogP contribution in [0.2, 0.25) is 10.0 Å². The highest BCUT2D eigenvalue weighted by Crippen LogP contribution is 2.38. The van der Waals surface area contributed by atoms with Crippen molar-refractivity contribution in [1.82, 2.24) is 0 Å². The Morgan fingerprint density at radius 2 is 1.12 bits per heavy atom. The standard InChI is InChI=1S/C17H14Cl2N2O3S/c18-11-1-5-13(6-2-11)20-15-9-25(23,24)10-16(15)21(17(20)22)14-7-3-12(19)4-8-14/h1-8,15-16H,9-10H2. The highest BCUT2D eigenvalue weighted by atomic mass is 35.5. The van der Waals surface area contributed by atoms with Gasteiger partial charge in [0.2, 0.25) is 0 Å². The molecule has 2 fully saturated rings. The van der Waals surface area contributed by atoms with E-state index in [4.69, 9.17) is 23.2 Å². The Morgan fingerprint density at radius 3 is 1.48 bits per heavy atom. The van der Waals surface area contributed by atoms with Crippen LogP contribution in [0.4, 0.5) is 16.2 Å². The van der Waals surface area contributed by atoms with Crippen molar-refractivity contribution in [3.8, 4) is 0 Å². The summed E-state index contributed by atoms with van der Waals surface area (Å²) in [5.41, 5.74) is 1.27. The Balaban J connectivity index is 1.79. The third kappa shape index (κ3) is 2.88. The van der Waals surface area contributed by atoms with Crippen LogP contribution in [0, 0.1) is 0 Å². The number of benzene rings is 2. The molecule has 8 heteroatoms. The first-order valence-corrected chi connectivity index (χ1v) is 10.3. The number of urea groups is 1. The van der Waals surface area contributed by atoms with E-state index >= 15 is 0 Å². The summed E-state index contributed by atoms with van der Waals surface area (Å²) in [5.74, 6) is -0.0910. The van der Waals surface area contributed by atoms with Gasteiger partial charge in [-0.2, -0.15) is 0 Å². The lowest BCUT2D eigenvalue weighted by molar-refractivity contribution is 0.255. The van der Waals surface area contributed by atoms with Crippen molar-refractivity contribution in [3.63, 3.8) is 0 Å². The van der Waals surface area contributed by atoms with E-state index in [0.29, 0.717) is 21.4 Å². The molecule has 0 spiro atoms. The van der Waals surface area contributed by atoms with E-state index in [9.17, 15) is 13.2 Å². The molecule has 0 radical (unpaired) electrons. The molecule has 0 N–H and O–H groups in total. The number of rotatable bonds is 2. The molecule has 2 unspecified atom stereocenters. The molecule has 2 aliphatic heterocycles. The molecule has 0 saturated carbocycles. The number of sulfone groups is 1. The zero-order valence-corrected chi connectivity index (χ0v) is 15.3. The predicted molar refractivity (Wildman–Crippen MR) is 99.5 cm³/mol. The second-order valence-corrected chi connectivity index (χ2v) is 9.21. The second-order valence-electron chi connectivity index (χ2n) is 6.19. The topological polar surface area (TPSA) is 57.7 Å². The zero-order valence-electron chi connectivity index (χ0n) is 13.0. The van der Waals surface area contributed by atoms with Crippen LogP contribution in [0.15, 0.2) is 48.5 Å². The molecule has 0 bridgehead atoms. The van der Waals surface area contributed by atoms with Crippen LogP contribution in [0.25, 0.3) is 0 Å². The Kier molecular flexibility index (Phi) is 3.94. The van der Waals surface area contributed by atoms with Crippen molar-refractivity contribution in [2.75, 3.05) is 21.3 Å². The minimum absolute atomic E-state index is 0.0455. The normalized spacial score (nSPS) is 24.6. The third-order valence-electron chi connectivity index (χ3n) is 4.58. The Morgan fingerprint density at radius 1 is 0.760 bits per heavy atom. The molecule has 130 valence electrons. The summed E-state index contributed by atoms with van der Waals surface area (Å²) < 4.78 is 24.4. The summed E-state index contributed by atoms with van der Waals surface area (Å²) in [6.07, 6.45) is 0. The largest absolute Gasteiger partial charge is 0.329 e. The van der Waals surface area contributed by atoms with Crippen LogP contribution >= 0.6 is 23.2 Å². The first-order chi connectivity index (χ1) is 11.9. The summed E-state index contributed by atoms with van der Waals surface area (Å²) in [4.78, 5) is 16.2. The fraction of sp³-hybridized carbons (Fsp3) is 0.235. The van der Waals surface area contributed by atoms with E-state index in [1.807, 2.05) is 0 Å². The van der Waals surface area contributed by atoms with Gasteiger partial charge in [-0.25, -0.2) is 13.2 Å². The summed E-state index contributed by atoms with van der Waals surface area (Å²) in [6, 6.07) is 12.6. The van der Waals surface area contributed by atoms with Crippen LogP contribution in [0.5, 0.6) is 0 Å². The SMILES string of the molecule is O=C1N(c2ccc(Cl)cc2)C2CS(=O)(=O)CC2N1c1ccc(Cl)cc1. The minimum atomic E-state index is -3.21. The van der Waals surface area contributed by atoms with Gasteiger partial charge in [-0.05, 0) is 48.5 Å². The lowest BCUT2D eigenvalue weighted by Crippen LogP contribution is -2.37. The smallest absolute Gasteiger partial charge is 0.288 e. The maximum absolute atomic E-state index is 13.1. The minimum Gasteiger partial charge on any atom is -0.288 e. The molecule has 0 aliphatic carbocycles. The number of fused-ring (bicyclic) bond motifs is 1. The number of hydrogen-bond donors (Lipinski definition) is 0. The molecule has 0 aromatic heterocycles. The number of anilines is 2. The molecule has 4 rings (SSSR count). The van der Waals surface area contributed by atoms with E-state index < -0.39 is 21.9 Å². The van der Waals surface area contributed by atoms with Crippen LogP contribution < -0.4 is 9.80 Å². The zero-order chi connectivity index (χ0) is 17.8. The number of halogens is 2. The summed E-state index contributed by atoms with van der Waals surface area (Å²) >= 11 is 11.9. The van der Waals surface area contributed by atoms with Gasteiger partial charge in [0.1, 0.15) is 0 Å². The first kappa shape index (κ1) is 16.7. The fourth-order valence-electron chi connectivity index (χ4n) is 3.51. The van der Waals surface area contributed by atoms with Gasteiger partial charge in [-0.3, -0.25) is 9.80 Å². The second kappa shape index (κ2) is 5.90. The Labute approximate surface area is 155 Å². The average Bonchev–Trinajstić information content (AvgIpc) is 2.99. The molecule has 2 atom stereocenters. The Hall–Kier alpha value is -1.76. The maximum Gasteiger partial charge on any atom is 0.329 e. The van der Waals surface area contributed by atoms with Crippen molar-refractivity contribution >= 4 is 50.4 Å². The molecule has 2 aromatic carbocycles. The average molecular weight is 397 g/mol. The van der Waals surface area contributed by atoms with Crippen molar-refractivity contribution in [2.24, 2.45) is 0 Å². The number of amides is 2. The number of nitrogens with zero attached hydrogens (tertiary/aromatic N) is 2. The van der Waals surface area contributed by atoms with Gasteiger partial charge in [-0.1, -0.05) is 23.2 Å². The van der Waals surface area contributed by atoms with E-state index in [0.717, 1.165) is 0 Å². The molecule has 5 nitrogen and oxygen atoms in total. The first-order valence-electron chi connectivity index (χ1n) is 7.70. The highest BCUT2D eigenvalue weighted by Gasteiger charge is 2.54. The highest BCUT2D eigenvalue weighted by molar-refractivity contribution is 7.91. The fourth-order valence-corrected chi connectivity index (χ4v) is 5.68. The van der Waals surface area contributed by atoms with Crippen LogP contribution in [-0.2, 0) is 9.84 Å². The van der Waals surface area contributed by atoms with Gasteiger partial charge in [0.15, 0.2) is 9.84 Å². The summed E-state index contributed by atoms with van der Waals surface area (Å²) in [7, 11) is -3.21. The predicted octanol–water partition coefficient (Wildman–Crippen LogP) is 3.61. The van der Waals surface area contributed by atoms with Crippen molar-refractivity contribution in [1.29, 1.82) is 0 Å². The summed E-state index contributed by atoms with van der Waals surface area (Å²) in [6.45, 7) is 0. The third-order valence-corrected chi connectivity index (χ3v) is 6.78. The van der Waals surface area contributed by atoms with Crippen molar-refractivity contribution in [2.45, 2.75) is 12.1 Å². The van der Waals surface area contributed by atoms with E-state index in [2.05, 4.69) is 0 Å². The molecule has 25 heavy (non-hydrogen) atoms. The van der Waals surface area contributed by atoms with E-state index in [-0.39, 0.29) is 17.5 Å². The monoisotopic (exact) mass is 396 g/mol. The van der Waals surface area contributed by atoms with Crippen LogP contribution in [0.3, 0.4) is 0 Å². The number of carbonyl (C=O) groups excluding carboxylic acids is 1.